The van der Waals surface area contributed by atoms with Crippen LogP contribution in [0.1, 0.15) is 5.56 Å². The largest absolute Gasteiger partial charge is 0.338 e. The Kier molecular flexibility index (Phi) is 3.92. The van der Waals surface area contributed by atoms with E-state index in [1.165, 1.54) is 5.56 Å². The molecule has 4 rings (SSSR count). The normalized spacial score (nSPS) is 10.6. The third kappa shape index (κ3) is 3.37. The Labute approximate surface area is 145 Å². The molecule has 4 aromatic rings. The molecule has 25 heavy (non-hydrogen) atoms. The van der Waals surface area contributed by atoms with Gasteiger partial charge in [-0.05, 0) is 31.2 Å². The van der Waals surface area contributed by atoms with Crippen molar-refractivity contribution < 1.29 is 0 Å². The van der Waals surface area contributed by atoms with Crippen molar-refractivity contribution in [3.05, 3.63) is 72.6 Å². The molecule has 0 saturated heterocycles. The standard InChI is InChI=1S/C19H16N6/c1-13-7-9-15(10-8-13)22-18-16-17(21-12-11-20-16)24-19(25-18)23-14-5-3-2-4-6-14/h2-12H,1H3,(H2,21,22,23,24,25). The summed E-state index contributed by atoms with van der Waals surface area (Å²) in [4.78, 5) is 17.7. The van der Waals surface area contributed by atoms with Crippen LogP contribution in [0.3, 0.4) is 0 Å². The fraction of sp³-hybridized carbons (Fsp3) is 0.0526. The van der Waals surface area contributed by atoms with E-state index in [9.17, 15) is 0 Å². The van der Waals surface area contributed by atoms with Crippen molar-refractivity contribution >= 4 is 34.3 Å². The lowest BCUT2D eigenvalue weighted by Gasteiger charge is -2.11. The van der Waals surface area contributed by atoms with E-state index in [2.05, 4.69) is 37.5 Å². The van der Waals surface area contributed by atoms with Crippen LogP contribution in [0.5, 0.6) is 0 Å². The number of aryl methyl sites for hydroxylation is 1. The number of hydrogen-bond acceptors (Lipinski definition) is 6. The van der Waals surface area contributed by atoms with Crippen LogP contribution in [0.4, 0.5) is 23.1 Å². The maximum atomic E-state index is 4.58. The molecule has 6 nitrogen and oxygen atoms in total. The Bertz CT molecular complexity index is 999. The number of fused-ring (bicyclic) bond motifs is 1. The third-order valence-corrected chi connectivity index (χ3v) is 3.68. The number of para-hydroxylation sites is 1. The van der Waals surface area contributed by atoms with Crippen molar-refractivity contribution in [2.75, 3.05) is 10.6 Å². The summed E-state index contributed by atoms with van der Waals surface area (Å²) in [7, 11) is 0. The van der Waals surface area contributed by atoms with Crippen LogP contribution in [0.25, 0.3) is 11.2 Å². The summed E-state index contributed by atoms with van der Waals surface area (Å²) in [5, 5.41) is 6.51. The first-order chi connectivity index (χ1) is 12.3. The Hall–Kier alpha value is -3.54. The summed E-state index contributed by atoms with van der Waals surface area (Å²) in [5.74, 6) is 1.08. The summed E-state index contributed by atoms with van der Waals surface area (Å²) < 4.78 is 0. The predicted molar refractivity (Wildman–Crippen MR) is 99.3 cm³/mol. The lowest BCUT2D eigenvalue weighted by Crippen LogP contribution is -2.04. The van der Waals surface area contributed by atoms with Crippen LogP contribution in [0.15, 0.2) is 67.0 Å². The third-order valence-electron chi connectivity index (χ3n) is 3.68. The van der Waals surface area contributed by atoms with Crippen LogP contribution in [-0.2, 0) is 0 Å². The molecule has 0 unspecified atom stereocenters. The molecule has 0 radical (unpaired) electrons. The van der Waals surface area contributed by atoms with Gasteiger partial charge in [0.25, 0.3) is 0 Å². The molecule has 0 aliphatic heterocycles. The van der Waals surface area contributed by atoms with Gasteiger partial charge in [-0.2, -0.15) is 9.97 Å². The predicted octanol–water partition coefficient (Wildman–Crippen LogP) is 4.22. The fourth-order valence-electron chi connectivity index (χ4n) is 2.43. The second-order valence-electron chi connectivity index (χ2n) is 5.61. The van der Waals surface area contributed by atoms with Gasteiger partial charge in [0.2, 0.25) is 5.95 Å². The first-order valence-electron chi connectivity index (χ1n) is 7.92. The molecule has 0 amide bonds. The Morgan fingerprint density at radius 3 is 2.24 bits per heavy atom. The first kappa shape index (κ1) is 15.0. The van der Waals surface area contributed by atoms with Crippen LogP contribution in [0, 0.1) is 6.92 Å². The van der Waals surface area contributed by atoms with Gasteiger partial charge in [0.15, 0.2) is 17.0 Å². The summed E-state index contributed by atoms with van der Waals surface area (Å²) in [6, 6.07) is 17.9. The molecule has 0 spiro atoms. The number of rotatable bonds is 4. The number of benzene rings is 2. The van der Waals surface area contributed by atoms with Gasteiger partial charge >= 0.3 is 0 Å². The van der Waals surface area contributed by atoms with E-state index in [-0.39, 0.29) is 0 Å². The van der Waals surface area contributed by atoms with Crippen molar-refractivity contribution in [2.45, 2.75) is 6.92 Å². The lowest BCUT2D eigenvalue weighted by atomic mass is 10.2. The van der Waals surface area contributed by atoms with E-state index in [1.807, 2.05) is 54.6 Å². The van der Waals surface area contributed by atoms with Crippen molar-refractivity contribution in [3.8, 4) is 0 Å². The monoisotopic (exact) mass is 328 g/mol. The highest BCUT2D eigenvalue weighted by molar-refractivity contribution is 5.85. The van der Waals surface area contributed by atoms with Crippen molar-refractivity contribution in [1.29, 1.82) is 0 Å². The van der Waals surface area contributed by atoms with Gasteiger partial charge in [0.05, 0.1) is 0 Å². The molecule has 122 valence electrons. The minimum Gasteiger partial charge on any atom is -0.338 e. The molecular weight excluding hydrogens is 312 g/mol. The minimum absolute atomic E-state index is 0.466. The summed E-state index contributed by atoms with van der Waals surface area (Å²) >= 11 is 0. The van der Waals surface area contributed by atoms with Gasteiger partial charge in [-0.25, -0.2) is 9.97 Å². The molecule has 0 atom stereocenters. The zero-order chi connectivity index (χ0) is 17.1. The highest BCUT2D eigenvalue weighted by Crippen LogP contribution is 2.24. The van der Waals surface area contributed by atoms with E-state index in [0.29, 0.717) is 22.9 Å². The van der Waals surface area contributed by atoms with Gasteiger partial charge in [0.1, 0.15) is 0 Å². The average Bonchev–Trinajstić information content (AvgIpc) is 2.64. The highest BCUT2D eigenvalue weighted by atomic mass is 15.2. The maximum absolute atomic E-state index is 4.58. The number of anilines is 4. The molecule has 2 N–H and O–H groups in total. The molecular formula is C19H16N6. The Morgan fingerprint density at radius 1 is 0.720 bits per heavy atom. The molecule has 0 saturated carbocycles. The lowest BCUT2D eigenvalue weighted by molar-refractivity contribution is 1.15. The van der Waals surface area contributed by atoms with Crippen LogP contribution in [0.2, 0.25) is 0 Å². The van der Waals surface area contributed by atoms with Gasteiger partial charge in [0, 0.05) is 23.8 Å². The Morgan fingerprint density at radius 2 is 1.44 bits per heavy atom. The quantitative estimate of drug-likeness (QED) is 0.584. The molecule has 0 aliphatic rings. The second-order valence-corrected chi connectivity index (χ2v) is 5.61. The maximum Gasteiger partial charge on any atom is 0.231 e. The van der Waals surface area contributed by atoms with E-state index >= 15 is 0 Å². The number of nitrogens with zero attached hydrogens (tertiary/aromatic N) is 4. The first-order valence-corrected chi connectivity index (χ1v) is 7.92. The molecule has 0 bridgehead atoms. The fourth-order valence-corrected chi connectivity index (χ4v) is 2.43. The highest BCUT2D eigenvalue weighted by Gasteiger charge is 2.10. The molecule has 2 heterocycles. The van der Waals surface area contributed by atoms with Gasteiger partial charge in [-0.15, -0.1) is 0 Å². The Balaban J connectivity index is 1.74. The zero-order valence-electron chi connectivity index (χ0n) is 13.6. The topological polar surface area (TPSA) is 75.6 Å². The molecule has 0 fully saturated rings. The summed E-state index contributed by atoms with van der Waals surface area (Å²) in [6.07, 6.45) is 3.26. The SMILES string of the molecule is Cc1ccc(Nc2nc(Nc3ccccc3)nc3nccnc23)cc1. The van der Waals surface area contributed by atoms with Crippen molar-refractivity contribution in [2.24, 2.45) is 0 Å². The molecule has 6 heteroatoms. The van der Waals surface area contributed by atoms with E-state index in [4.69, 9.17) is 0 Å². The van der Waals surface area contributed by atoms with Crippen LogP contribution >= 0.6 is 0 Å². The van der Waals surface area contributed by atoms with Gasteiger partial charge in [-0.3, -0.25) is 0 Å². The second kappa shape index (κ2) is 6.52. The summed E-state index contributed by atoms with van der Waals surface area (Å²) in [6.45, 7) is 2.05. The summed E-state index contributed by atoms with van der Waals surface area (Å²) in [5.41, 5.74) is 4.20. The smallest absolute Gasteiger partial charge is 0.231 e. The van der Waals surface area contributed by atoms with E-state index < -0.39 is 0 Å². The van der Waals surface area contributed by atoms with Crippen LogP contribution in [-0.4, -0.2) is 19.9 Å². The number of nitrogens with one attached hydrogen (secondary N) is 2. The van der Waals surface area contributed by atoms with Crippen LogP contribution < -0.4 is 10.6 Å². The van der Waals surface area contributed by atoms with Crippen molar-refractivity contribution in [3.63, 3.8) is 0 Å². The molecule has 2 aromatic carbocycles. The zero-order valence-corrected chi connectivity index (χ0v) is 13.6. The van der Waals surface area contributed by atoms with Crippen molar-refractivity contribution in [1.82, 2.24) is 19.9 Å². The molecule has 2 aromatic heterocycles. The number of hydrogen-bond donors (Lipinski definition) is 2. The van der Waals surface area contributed by atoms with Gasteiger partial charge < -0.3 is 10.6 Å². The van der Waals surface area contributed by atoms with E-state index in [0.717, 1.165) is 11.4 Å². The molecule has 0 aliphatic carbocycles. The minimum atomic E-state index is 0.466. The average molecular weight is 328 g/mol. The van der Waals surface area contributed by atoms with Gasteiger partial charge in [-0.1, -0.05) is 35.9 Å². The number of aromatic nitrogens is 4. The van der Waals surface area contributed by atoms with E-state index in [1.54, 1.807) is 12.4 Å².